The molecule has 1 aliphatic heterocycles. The molecule has 0 saturated heterocycles. The van der Waals surface area contributed by atoms with Crippen molar-refractivity contribution >= 4 is 17.4 Å². The lowest BCUT2D eigenvalue weighted by Crippen LogP contribution is -2.35. The van der Waals surface area contributed by atoms with Crippen molar-refractivity contribution in [1.82, 2.24) is 5.32 Å². The molecule has 1 aliphatic rings. The lowest BCUT2D eigenvalue weighted by atomic mass is 9.89. The van der Waals surface area contributed by atoms with Crippen molar-refractivity contribution in [3.05, 3.63) is 70.2 Å². The molecule has 19 heavy (non-hydrogen) atoms. The predicted octanol–water partition coefficient (Wildman–Crippen LogP) is 3.41. The topological polar surface area (TPSA) is 29.1 Å². The summed E-state index contributed by atoms with van der Waals surface area (Å²) in [5, 5.41) is 3.95. The first-order valence-corrected chi connectivity index (χ1v) is 6.74. The first-order chi connectivity index (χ1) is 9.25. The molecule has 3 rings (SSSR count). The minimum absolute atomic E-state index is 0.101. The summed E-state index contributed by atoms with van der Waals surface area (Å²) in [6.07, 6.45) is 0.973. The van der Waals surface area contributed by atoms with Gasteiger partial charge in [-0.25, -0.2) is 0 Å². The maximum Gasteiger partial charge on any atom is 0.184 e. The molecular formula is C16H14ClNO. The number of benzene rings is 2. The van der Waals surface area contributed by atoms with Crippen LogP contribution in [0, 0.1) is 0 Å². The summed E-state index contributed by atoms with van der Waals surface area (Å²) in [6.45, 7) is 0.834. The summed E-state index contributed by atoms with van der Waals surface area (Å²) in [7, 11) is 0. The standard InChI is InChI=1S/C16H14ClNO/c17-13-7-5-12(6-8-13)16(19)15-14-4-2-1-3-11(14)9-10-18-15/h1-8,15,18H,9-10H2. The van der Waals surface area contributed by atoms with Crippen LogP contribution in [0.1, 0.15) is 27.5 Å². The van der Waals surface area contributed by atoms with Crippen LogP contribution in [0.3, 0.4) is 0 Å². The normalized spacial score (nSPS) is 17.8. The van der Waals surface area contributed by atoms with Gasteiger partial charge in [-0.15, -0.1) is 0 Å². The van der Waals surface area contributed by atoms with Crippen LogP contribution in [-0.4, -0.2) is 12.3 Å². The molecule has 2 aromatic carbocycles. The molecule has 0 spiro atoms. The zero-order valence-electron chi connectivity index (χ0n) is 10.4. The van der Waals surface area contributed by atoms with E-state index < -0.39 is 0 Å². The van der Waals surface area contributed by atoms with Crippen molar-refractivity contribution < 1.29 is 4.79 Å². The lowest BCUT2D eigenvalue weighted by Gasteiger charge is -2.25. The molecule has 1 N–H and O–H groups in total. The van der Waals surface area contributed by atoms with E-state index in [0.717, 1.165) is 18.5 Å². The van der Waals surface area contributed by atoms with Gasteiger partial charge in [-0.2, -0.15) is 0 Å². The zero-order valence-corrected chi connectivity index (χ0v) is 11.2. The third-order valence-corrected chi connectivity index (χ3v) is 3.75. The third-order valence-electron chi connectivity index (χ3n) is 3.50. The van der Waals surface area contributed by atoms with E-state index in [9.17, 15) is 4.79 Å². The van der Waals surface area contributed by atoms with Gasteiger partial charge in [-0.05, 0) is 41.8 Å². The maximum atomic E-state index is 12.6. The summed E-state index contributed by atoms with van der Waals surface area (Å²) in [6, 6.07) is 15.0. The van der Waals surface area contributed by atoms with Gasteiger partial charge in [0.2, 0.25) is 0 Å². The number of fused-ring (bicyclic) bond motifs is 1. The Bertz CT molecular complexity index is 606. The Hall–Kier alpha value is -1.64. The number of carbonyl (C=O) groups excluding carboxylic acids is 1. The Morgan fingerprint density at radius 1 is 1.11 bits per heavy atom. The number of ketones is 1. The van der Waals surface area contributed by atoms with Crippen LogP contribution in [0.2, 0.25) is 5.02 Å². The van der Waals surface area contributed by atoms with Crippen molar-refractivity contribution in [2.75, 3.05) is 6.54 Å². The third kappa shape index (κ3) is 2.42. The van der Waals surface area contributed by atoms with Gasteiger partial charge in [0.1, 0.15) is 0 Å². The number of halogens is 1. The highest BCUT2D eigenvalue weighted by Gasteiger charge is 2.26. The molecule has 1 atom stereocenters. The van der Waals surface area contributed by atoms with Crippen LogP contribution in [0.25, 0.3) is 0 Å². The van der Waals surface area contributed by atoms with E-state index >= 15 is 0 Å². The van der Waals surface area contributed by atoms with E-state index in [0.29, 0.717) is 10.6 Å². The Kier molecular flexibility index (Phi) is 3.36. The van der Waals surface area contributed by atoms with Crippen LogP contribution in [0.5, 0.6) is 0 Å². The van der Waals surface area contributed by atoms with Crippen LogP contribution in [-0.2, 0) is 6.42 Å². The van der Waals surface area contributed by atoms with Crippen LogP contribution < -0.4 is 5.32 Å². The van der Waals surface area contributed by atoms with E-state index in [4.69, 9.17) is 11.6 Å². The van der Waals surface area contributed by atoms with Crippen molar-refractivity contribution in [2.45, 2.75) is 12.5 Å². The van der Waals surface area contributed by atoms with E-state index in [2.05, 4.69) is 11.4 Å². The van der Waals surface area contributed by atoms with Crippen LogP contribution in [0.15, 0.2) is 48.5 Å². The van der Waals surface area contributed by atoms with Gasteiger partial charge in [0.25, 0.3) is 0 Å². The second kappa shape index (κ2) is 5.16. The molecule has 2 nitrogen and oxygen atoms in total. The monoisotopic (exact) mass is 271 g/mol. The van der Waals surface area contributed by atoms with Crippen LogP contribution in [0.4, 0.5) is 0 Å². The molecule has 0 bridgehead atoms. The SMILES string of the molecule is O=C(c1ccc(Cl)cc1)C1NCCc2ccccc21. The fraction of sp³-hybridized carbons (Fsp3) is 0.188. The Labute approximate surface area is 117 Å². The average Bonchev–Trinajstić information content (AvgIpc) is 2.47. The molecule has 96 valence electrons. The van der Waals surface area contributed by atoms with Crippen molar-refractivity contribution in [1.29, 1.82) is 0 Å². The van der Waals surface area contributed by atoms with Gasteiger partial charge >= 0.3 is 0 Å². The van der Waals surface area contributed by atoms with E-state index in [-0.39, 0.29) is 11.8 Å². The lowest BCUT2D eigenvalue weighted by molar-refractivity contribution is 0.0939. The maximum absolute atomic E-state index is 12.6. The molecule has 3 heteroatoms. The second-order valence-corrected chi connectivity index (χ2v) is 5.14. The molecule has 2 aromatic rings. The molecule has 1 heterocycles. The number of hydrogen-bond donors (Lipinski definition) is 1. The predicted molar refractivity (Wildman–Crippen MR) is 76.7 cm³/mol. The molecule has 0 aromatic heterocycles. The highest BCUT2D eigenvalue weighted by Crippen LogP contribution is 2.26. The van der Waals surface area contributed by atoms with Crippen molar-refractivity contribution in [3.8, 4) is 0 Å². The summed E-state index contributed by atoms with van der Waals surface area (Å²) < 4.78 is 0. The van der Waals surface area contributed by atoms with Gasteiger partial charge in [0, 0.05) is 17.1 Å². The number of hydrogen-bond acceptors (Lipinski definition) is 2. The highest BCUT2D eigenvalue weighted by atomic mass is 35.5. The number of carbonyl (C=O) groups is 1. The largest absolute Gasteiger partial charge is 0.303 e. The molecule has 0 aliphatic carbocycles. The zero-order chi connectivity index (χ0) is 13.2. The summed E-state index contributed by atoms with van der Waals surface area (Å²) in [5.74, 6) is 0.101. The highest BCUT2D eigenvalue weighted by molar-refractivity contribution is 6.30. The van der Waals surface area contributed by atoms with E-state index in [1.165, 1.54) is 5.56 Å². The Balaban J connectivity index is 1.95. The first kappa shape index (κ1) is 12.4. The quantitative estimate of drug-likeness (QED) is 0.848. The summed E-state index contributed by atoms with van der Waals surface area (Å²) in [5.41, 5.74) is 3.04. The smallest absolute Gasteiger partial charge is 0.184 e. The van der Waals surface area contributed by atoms with Gasteiger partial charge in [0.05, 0.1) is 6.04 Å². The minimum Gasteiger partial charge on any atom is -0.303 e. The van der Waals surface area contributed by atoms with Gasteiger partial charge < -0.3 is 5.32 Å². The summed E-state index contributed by atoms with van der Waals surface area (Å²) >= 11 is 5.86. The fourth-order valence-electron chi connectivity index (χ4n) is 2.52. The molecule has 0 saturated carbocycles. The van der Waals surface area contributed by atoms with Gasteiger partial charge in [-0.3, -0.25) is 4.79 Å². The van der Waals surface area contributed by atoms with Gasteiger partial charge in [0.15, 0.2) is 5.78 Å². The Morgan fingerprint density at radius 2 is 1.84 bits per heavy atom. The summed E-state index contributed by atoms with van der Waals surface area (Å²) in [4.78, 5) is 12.6. The fourth-order valence-corrected chi connectivity index (χ4v) is 2.65. The van der Waals surface area contributed by atoms with Crippen molar-refractivity contribution in [3.63, 3.8) is 0 Å². The molecule has 0 fully saturated rings. The second-order valence-electron chi connectivity index (χ2n) is 4.71. The Morgan fingerprint density at radius 3 is 2.63 bits per heavy atom. The van der Waals surface area contributed by atoms with Crippen LogP contribution >= 0.6 is 11.6 Å². The molecule has 1 unspecified atom stereocenters. The van der Waals surface area contributed by atoms with Gasteiger partial charge in [-0.1, -0.05) is 35.9 Å². The molecular weight excluding hydrogens is 258 g/mol. The first-order valence-electron chi connectivity index (χ1n) is 6.36. The average molecular weight is 272 g/mol. The van der Waals surface area contributed by atoms with E-state index in [1.807, 2.05) is 18.2 Å². The number of Topliss-reactive ketones (excluding diaryl/α,β-unsaturated/α-hetero) is 1. The molecule has 0 radical (unpaired) electrons. The minimum atomic E-state index is -0.244. The number of rotatable bonds is 2. The molecule has 0 amide bonds. The van der Waals surface area contributed by atoms with Crippen molar-refractivity contribution in [2.24, 2.45) is 0 Å². The van der Waals surface area contributed by atoms with E-state index in [1.54, 1.807) is 24.3 Å². The number of nitrogens with one attached hydrogen (secondary N) is 1.